The summed E-state index contributed by atoms with van der Waals surface area (Å²) in [6.45, 7) is 8.13. The van der Waals surface area contributed by atoms with Gasteiger partial charge in [0.05, 0.1) is 0 Å². The number of nitrogens with one attached hydrogen (secondary N) is 3. The molecule has 1 saturated heterocycles. The molecule has 0 unspecified atom stereocenters. The molecule has 8 nitrogen and oxygen atoms in total. The Hall–Kier alpha value is -2.90. The molecule has 0 bridgehead atoms. The molecule has 1 aliphatic heterocycles. The lowest BCUT2D eigenvalue weighted by atomic mass is 9.65. The van der Waals surface area contributed by atoms with Crippen LogP contribution in [0.4, 0.5) is 16.2 Å². The Morgan fingerprint density at radius 3 is 2.06 bits per heavy atom. The van der Waals surface area contributed by atoms with Crippen LogP contribution in [0, 0.1) is 11.3 Å². The SMILES string of the molecule is CCC(=O)Nc1ccc(NC(=O)CN2C(=O)NC3(CCC(C(C)(C)CC)CC3)C2=O)cc1. The van der Waals surface area contributed by atoms with Crippen LogP contribution in [-0.4, -0.2) is 40.7 Å². The van der Waals surface area contributed by atoms with Gasteiger partial charge in [0.1, 0.15) is 12.1 Å². The number of rotatable bonds is 7. The monoisotopic (exact) mass is 442 g/mol. The van der Waals surface area contributed by atoms with Crippen LogP contribution in [-0.2, 0) is 14.4 Å². The minimum absolute atomic E-state index is 0.0958. The maximum atomic E-state index is 13.1. The second-order valence-electron chi connectivity index (χ2n) is 9.55. The average molecular weight is 443 g/mol. The Bertz CT molecular complexity index is 886. The Labute approximate surface area is 189 Å². The van der Waals surface area contributed by atoms with Gasteiger partial charge in [0.15, 0.2) is 0 Å². The number of urea groups is 1. The van der Waals surface area contributed by atoms with Crippen molar-refractivity contribution in [3.05, 3.63) is 24.3 Å². The van der Waals surface area contributed by atoms with E-state index in [1.54, 1.807) is 31.2 Å². The van der Waals surface area contributed by atoms with Crippen LogP contribution in [0.25, 0.3) is 0 Å². The standard InChI is InChI=1S/C24H34N4O4/c1-5-19(29)25-17-7-9-18(10-8-17)26-20(30)15-28-21(31)24(27-22(28)32)13-11-16(12-14-24)23(3,4)6-2/h7-10,16H,5-6,11-15H2,1-4H3,(H,25,29)(H,26,30)(H,27,32). The number of carbonyl (C=O) groups excluding carboxylic acids is 4. The van der Waals surface area contributed by atoms with Gasteiger partial charge in [-0.25, -0.2) is 4.79 Å². The van der Waals surface area contributed by atoms with Crippen molar-refractivity contribution < 1.29 is 19.2 Å². The molecule has 1 aromatic carbocycles. The van der Waals surface area contributed by atoms with E-state index in [0.29, 0.717) is 36.6 Å². The molecule has 1 aliphatic carbocycles. The average Bonchev–Trinajstić information content (AvgIpc) is 2.99. The molecule has 174 valence electrons. The van der Waals surface area contributed by atoms with E-state index in [1.165, 1.54) is 0 Å². The highest BCUT2D eigenvalue weighted by Crippen LogP contribution is 2.45. The summed E-state index contributed by atoms with van der Waals surface area (Å²) in [5.74, 6) is -0.327. The fraction of sp³-hybridized carbons (Fsp3) is 0.583. The quantitative estimate of drug-likeness (QED) is 0.557. The summed E-state index contributed by atoms with van der Waals surface area (Å²) in [7, 11) is 0. The second kappa shape index (κ2) is 9.30. The highest BCUT2D eigenvalue weighted by atomic mass is 16.2. The highest BCUT2D eigenvalue weighted by molar-refractivity contribution is 6.10. The first-order valence-corrected chi connectivity index (χ1v) is 11.4. The van der Waals surface area contributed by atoms with E-state index in [-0.39, 0.29) is 23.8 Å². The van der Waals surface area contributed by atoms with Gasteiger partial charge in [0, 0.05) is 17.8 Å². The maximum Gasteiger partial charge on any atom is 0.325 e. The van der Waals surface area contributed by atoms with Gasteiger partial charge in [-0.05, 0) is 61.3 Å². The molecule has 5 amide bonds. The number of anilines is 2. The van der Waals surface area contributed by atoms with Crippen molar-refractivity contribution in [2.75, 3.05) is 17.2 Å². The van der Waals surface area contributed by atoms with Crippen molar-refractivity contribution in [3.8, 4) is 0 Å². The second-order valence-corrected chi connectivity index (χ2v) is 9.55. The minimum Gasteiger partial charge on any atom is -0.326 e. The zero-order chi connectivity index (χ0) is 23.5. The first-order chi connectivity index (χ1) is 15.1. The Morgan fingerprint density at radius 1 is 1.03 bits per heavy atom. The number of hydrogen-bond donors (Lipinski definition) is 3. The van der Waals surface area contributed by atoms with Crippen molar-refractivity contribution in [1.29, 1.82) is 0 Å². The van der Waals surface area contributed by atoms with Crippen molar-refractivity contribution in [2.24, 2.45) is 11.3 Å². The molecular formula is C24H34N4O4. The molecule has 0 atom stereocenters. The third kappa shape index (κ3) is 4.95. The summed E-state index contributed by atoms with van der Waals surface area (Å²) in [6.07, 6.45) is 4.43. The summed E-state index contributed by atoms with van der Waals surface area (Å²) in [6, 6.07) is 6.18. The van der Waals surface area contributed by atoms with E-state index in [4.69, 9.17) is 0 Å². The Morgan fingerprint density at radius 2 is 1.56 bits per heavy atom. The summed E-state index contributed by atoms with van der Waals surface area (Å²) in [5.41, 5.74) is 0.486. The lowest BCUT2D eigenvalue weighted by molar-refractivity contribution is -0.135. The molecule has 1 heterocycles. The fourth-order valence-electron chi connectivity index (χ4n) is 4.57. The first kappa shape index (κ1) is 23.8. The molecule has 3 N–H and O–H groups in total. The predicted molar refractivity (Wildman–Crippen MR) is 123 cm³/mol. The lowest BCUT2D eigenvalue weighted by Gasteiger charge is -2.42. The van der Waals surface area contributed by atoms with Gasteiger partial charge in [-0.2, -0.15) is 0 Å². The zero-order valence-corrected chi connectivity index (χ0v) is 19.4. The van der Waals surface area contributed by atoms with Crippen LogP contribution in [0.2, 0.25) is 0 Å². The van der Waals surface area contributed by atoms with Gasteiger partial charge in [0.2, 0.25) is 11.8 Å². The molecule has 1 spiro atoms. The van der Waals surface area contributed by atoms with E-state index in [1.807, 2.05) is 0 Å². The normalized spacial score (nSPS) is 23.2. The number of amides is 5. The van der Waals surface area contributed by atoms with E-state index < -0.39 is 17.5 Å². The van der Waals surface area contributed by atoms with Crippen molar-refractivity contribution in [3.63, 3.8) is 0 Å². The molecule has 2 fully saturated rings. The third-order valence-corrected chi connectivity index (χ3v) is 7.18. The topological polar surface area (TPSA) is 108 Å². The molecule has 0 radical (unpaired) electrons. The minimum atomic E-state index is -0.878. The van der Waals surface area contributed by atoms with Gasteiger partial charge in [0.25, 0.3) is 5.91 Å². The number of carbonyl (C=O) groups is 4. The van der Waals surface area contributed by atoms with Crippen molar-refractivity contribution >= 4 is 35.1 Å². The molecule has 0 aromatic heterocycles. The van der Waals surface area contributed by atoms with Crippen LogP contribution < -0.4 is 16.0 Å². The van der Waals surface area contributed by atoms with Crippen LogP contribution in [0.5, 0.6) is 0 Å². The molecule has 8 heteroatoms. The van der Waals surface area contributed by atoms with E-state index in [2.05, 4.69) is 36.7 Å². The molecule has 2 aliphatic rings. The first-order valence-electron chi connectivity index (χ1n) is 11.4. The van der Waals surface area contributed by atoms with E-state index in [9.17, 15) is 19.2 Å². The fourth-order valence-corrected chi connectivity index (χ4v) is 4.57. The molecule has 3 rings (SSSR count). The largest absolute Gasteiger partial charge is 0.326 e. The molecule has 1 saturated carbocycles. The Balaban J connectivity index is 1.57. The van der Waals surface area contributed by atoms with Crippen molar-refractivity contribution in [1.82, 2.24) is 10.2 Å². The smallest absolute Gasteiger partial charge is 0.325 e. The van der Waals surface area contributed by atoms with Gasteiger partial charge in [-0.1, -0.05) is 34.1 Å². The Kier molecular flexibility index (Phi) is 6.91. The van der Waals surface area contributed by atoms with Crippen LogP contribution in [0.1, 0.15) is 66.2 Å². The molecule has 1 aromatic rings. The summed E-state index contributed by atoms with van der Waals surface area (Å²) in [4.78, 5) is 50.6. The third-order valence-electron chi connectivity index (χ3n) is 7.18. The number of hydrogen-bond acceptors (Lipinski definition) is 4. The van der Waals surface area contributed by atoms with Gasteiger partial charge < -0.3 is 16.0 Å². The van der Waals surface area contributed by atoms with Crippen LogP contribution >= 0.6 is 0 Å². The summed E-state index contributed by atoms with van der Waals surface area (Å²) >= 11 is 0. The van der Waals surface area contributed by atoms with Crippen LogP contribution in [0.3, 0.4) is 0 Å². The van der Waals surface area contributed by atoms with Gasteiger partial charge >= 0.3 is 6.03 Å². The number of benzene rings is 1. The van der Waals surface area contributed by atoms with Crippen LogP contribution in [0.15, 0.2) is 24.3 Å². The zero-order valence-electron chi connectivity index (χ0n) is 19.4. The predicted octanol–water partition coefficient (Wildman–Crippen LogP) is 3.89. The van der Waals surface area contributed by atoms with Crippen molar-refractivity contribution in [2.45, 2.75) is 71.8 Å². The summed E-state index contributed by atoms with van der Waals surface area (Å²) in [5, 5.41) is 8.32. The van der Waals surface area contributed by atoms with Gasteiger partial charge in [-0.3, -0.25) is 19.3 Å². The molecule has 32 heavy (non-hydrogen) atoms. The summed E-state index contributed by atoms with van der Waals surface area (Å²) < 4.78 is 0. The number of imide groups is 1. The maximum absolute atomic E-state index is 13.1. The highest BCUT2D eigenvalue weighted by Gasteiger charge is 2.53. The number of nitrogens with zero attached hydrogens (tertiary/aromatic N) is 1. The van der Waals surface area contributed by atoms with E-state index in [0.717, 1.165) is 24.2 Å². The van der Waals surface area contributed by atoms with Gasteiger partial charge in [-0.15, -0.1) is 0 Å². The van der Waals surface area contributed by atoms with E-state index >= 15 is 0 Å². The lowest BCUT2D eigenvalue weighted by Crippen LogP contribution is -2.51. The molecular weight excluding hydrogens is 408 g/mol.